The van der Waals surface area contributed by atoms with Gasteiger partial charge in [-0.15, -0.1) is 0 Å². The van der Waals surface area contributed by atoms with Gasteiger partial charge in [0.25, 0.3) is 0 Å². The largest absolute Gasteiger partial charge is 0.327 e. The van der Waals surface area contributed by atoms with E-state index in [9.17, 15) is 0 Å². The molecule has 15 heavy (non-hydrogen) atoms. The molecule has 1 rings (SSSR count). The van der Waals surface area contributed by atoms with Gasteiger partial charge in [-0.2, -0.15) is 0 Å². The highest BCUT2D eigenvalue weighted by Crippen LogP contribution is 2.26. The lowest BCUT2D eigenvalue weighted by Crippen LogP contribution is -2.14. The van der Waals surface area contributed by atoms with Crippen molar-refractivity contribution < 1.29 is 0 Å². The average Bonchev–Trinajstić information content (AvgIpc) is 2.27. The van der Waals surface area contributed by atoms with Crippen molar-refractivity contribution in [3.63, 3.8) is 0 Å². The number of rotatable bonds is 4. The Labute approximate surface area is 93.0 Å². The molecule has 0 aliphatic carbocycles. The Balaban J connectivity index is 2.85. The minimum atomic E-state index is 0.274. The first kappa shape index (κ1) is 12.0. The maximum Gasteiger partial charge on any atom is 0.0110 e. The van der Waals surface area contributed by atoms with Gasteiger partial charge in [-0.25, -0.2) is 0 Å². The lowest BCUT2D eigenvalue weighted by molar-refractivity contribution is 0.506. The zero-order valence-electron chi connectivity index (χ0n) is 9.96. The fraction of sp³-hybridized carbons (Fsp3) is 0.429. The lowest BCUT2D eigenvalue weighted by Gasteiger charge is -2.23. The molecule has 0 fully saturated rings. The summed E-state index contributed by atoms with van der Waals surface area (Å²) in [5, 5.41) is 0. The predicted molar refractivity (Wildman–Crippen MR) is 67.8 cm³/mol. The first-order valence-corrected chi connectivity index (χ1v) is 5.57. The molecule has 1 aromatic rings. The van der Waals surface area contributed by atoms with Crippen LogP contribution in [0.1, 0.15) is 38.3 Å². The molecule has 0 saturated heterocycles. The van der Waals surface area contributed by atoms with Crippen LogP contribution in [0.25, 0.3) is 6.08 Å². The van der Waals surface area contributed by atoms with Crippen molar-refractivity contribution in [2.75, 3.05) is 6.54 Å². The second-order valence-electron chi connectivity index (χ2n) is 4.50. The van der Waals surface area contributed by atoms with Crippen LogP contribution in [0, 0.1) is 0 Å². The van der Waals surface area contributed by atoms with Crippen LogP contribution in [0.3, 0.4) is 0 Å². The monoisotopic (exact) mass is 203 g/mol. The summed E-state index contributed by atoms with van der Waals surface area (Å²) in [6.45, 7) is 7.37. The van der Waals surface area contributed by atoms with E-state index in [1.165, 1.54) is 11.1 Å². The summed E-state index contributed by atoms with van der Waals surface area (Å²) in [5.74, 6) is 0. The van der Waals surface area contributed by atoms with Crippen LogP contribution in [0.15, 0.2) is 30.3 Å². The molecule has 2 N–H and O–H groups in total. The van der Waals surface area contributed by atoms with Crippen LogP contribution in [0.4, 0.5) is 0 Å². The smallest absolute Gasteiger partial charge is 0.0110 e. The molecule has 0 saturated carbocycles. The van der Waals surface area contributed by atoms with Gasteiger partial charge >= 0.3 is 0 Å². The zero-order valence-corrected chi connectivity index (χ0v) is 9.96. The maximum absolute atomic E-state index is 5.41. The fourth-order valence-electron chi connectivity index (χ4n) is 1.45. The van der Waals surface area contributed by atoms with E-state index >= 15 is 0 Å². The van der Waals surface area contributed by atoms with E-state index in [2.05, 4.69) is 51.1 Å². The minimum absolute atomic E-state index is 0.274. The summed E-state index contributed by atoms with van der Waals surface area (Å²) in [4.78, 5) is 0. The number of benzene rings is 1. The van der Waals surface area contributed by atoms with E-state index in [-0.39, 0.29) is 5.41 Å². The Morgan fingerprint density at radius 2 is 1.80 bits per heavy atom. The Kier molecular flexibility index (Phi) is 4.10. The van der Waals surface area contributed by atoms with E-state index in [1.54, 1.807) is 0 Å². The quantitative estimate of drug-likeness (QED) is 0.798. The van der Waals surface area contributed by atoms with Gasteiger partial charge in [0, 0.05) is 6.54 Å². The third-order valence-corrected chi connectivity index (χ3v) is 3.02. The van der Waals surface area contributed by atoms with Crippen molar-refractivity contribution >= 4 is 6.08 Å². The number of hydrogen-bond acceptors (Lipinski definition) is 1. The Hall–Kier alpha value is -1.08. The topological polar surface area (TPSA) is 26.0 Å². The number of nitrogens with two attached hydrogens (primary N) is 1. The first-order valence-electron chi connectivity index (χ1n) is 5.57. The molecule has 82 valence electrons. The summed E-state index contributed by atoms with van der Waals surface area (Å²) < 4.78 is 0. The molecule has 0 aliphatic rings. The second kappa shape index (κ2) is 5.13. The van der Waals surface area contributed by atoms with Gasteiger partial charge < -0.3 is 5.73 Å². The number of hydrogen-bond donors (Lipinski definition) is 1. The van der Waals surface area contributed by atoms with Crippen LogP contribution in [-0.2, 0) is 5.41 Å². The molecule has 0 radical (unpaired) electrons. The summed E-state index contributed by atoms with van der Waals surface area (Å²) in [6.07, 6.45) is 5.19. The van der Waals surface area contributed by atoms with Gasteiger partial charge in [-0.1, -0.05) is 57.2 Å². The van der Waals surface area contributed by atoms with Crippen molar-refractivity contribution in [2.24, 2.45) is 5.73 Å². The minimum Gasteiger partial charge on any atom is -0.327 e. The Morgan fingerprint density at radius 1 is 1.20 bits per heavy atom. The Morgan fingerprint density at radius 3 is 2.27 bits per heavy atom. The maximum atomic E-state index is 5.41. The molecule has 0 unspecified atom stereocenters. The zero-order chi connectivity index (χ0) is 11.3. The molecule has 1 nitrogen and oxygen atoms in total. The molecular weight excluding hydrogens is 182 g/mol. The van der Waals surface area contributed by atoms with Crippen molar-refractivity contribution in [3.8, 4) is 0 Å². The second-order valence-corrected chi connectivity index (χ2v) is 4.50. The van der Waals surface area contributed by atoms with Crippen LogP contribution in [0.2, 0.25) is 0 Å². The molecule has 0 aliphatic heterocycles. The van der Waals surface area contributed by atoms with Gasteiger partial charge in [-0.05, 0) is 23.0 Å². The van der Waals surface area contributed by atoms with Crippen molar-refractivity contribution in [1.82, 2.24) is 0 Å². The molecule has 0 amide bonds. The van der Waals surface area contributed by atoms with E-state index < -0.39 is 0 Å². The first-order chi connectivity index (χ1) is 7.10. The molecule has 1 aromatic carbocycles. The van der Waals surface area contributed by atoms with Gasteiger partial charge in [0.15, 0.2) is 0 Å². The fourth-order valence-corrected chi connectivity index (χ4v) is 1.45. The highest BCUT2D eigenvalue weighted by Gasteiger charge is 2.16. The SMILES string of the molecule is CCC(C)(C)c1ccc(/C=C/CN)cc1. The van der Waals surface area contributed by atoms with E-state index in [0.29, 0.717) is 6.54 Å². The van der Waals surface area contributed by atoms with Gasteiger partial charge in [-0.3, -0.25) is 0 Å². The van der Waals surface area contributed by atoms with E-state index in [1.807, 2.05) is 6.08 Å². The van der Waals surface area contributed by atoms with E-state index in [0.717, 1.165) is 6.42 Å². The van der Waals surface area contributed by atoms with Crippen LogP contribution in [0.5, 0.6) is 0 Å². The molecule has 1 heteroatoms. The summed E-state index contributed by atoms with van der Waals surface area (Å²) in [5.41, 5.74) is 8.30. The van der Waals surface area contributed by atoms with Crippen LogP contribution >= 0.6 is 0 Å². The molecule has 0 bridgehead atoms. The van der Waals surface area contributed by atoms with E-state index in [4.69, 9.17) is 5.73 Å². The van der Waals surface area contributed by atoms with Gasteiger partial charge in [0.05, 0.1) is 0 Å². The lowest BCUT2D eigenvalue weighted by atomic mass is 9.82. The third-order valence-electron chi connectivity index (χ3n) is 3.02. The average molecular weight is 203 g/mol. The van der Waals surface area contributed by atoms with Gasteiger partial charge in [0.1, 0.15) is 0 Å². The summed E-state index contributed by atoms with van der Waals surface area (Å²) >= 11 is 0. The van der Waals surface area contributed by atoms with Crippen LogP contribution in [-0.4, -0.2) is 6.54 Å². The molecular formula is C14H21N. The van der Waals surface area contributed by atoms with Crippen molar-refractivity contribution in [2.45, 2.75) is 32.6 Å². The third kappa shape index (κ3) is 3.21. The highest BCUT2D eigenvalue weighted by atomic mass is 14.5. The van der Waals surface area contributed by atoms with Crippen LogP contribution < -0.4 is 5.73 Å². The summed E-state index contributed by atoms with van der Waals surface area (Å²) in [6, 6.07) is 8.72. The van der Waals surface area contributed by atoms with Gasteiger partial charge in [0.2, 0.25) is 0 Å². The predicted octanol–water partition coefficient (Wildman–Crippen LogP) is 3.35. The molecule has 0 aromatic heterocycles. The molecule has 0 atom stereocenters. The highest BCUT2D eigenvalue weighted by molar-refractivity contribution is 5.50. The molecule has 0 heterocycles. The summed E-state index contributed by atoms with van der Waals surface area (Å²) in [7, 11) is 0. The standard InChI is InChI=1S/C14H21N/c1-4-14(2,3)13-9-7-12(8-10-13)6-5-11-15/h5-10H,4,11,15H2,1-3H3/b6-5+. The van der Waals surface area contributed by atoms with Crippen molar-refractivity contribution in [1.29, 1.82) is 0 Å². The van der Waals surface area contributed by atoms with Crippen molar-refractivity contribution in [3.05, 3.63) is 41.5 Å². The molecule has 0 spiro atoms. The Bertz CT molecular complexity index is 320. The normalized spacial score (nSPS) is 12.3.